The van der Waals surface area contributed by atoms with Gasteiger partial charge in [0.1, 0.15) is 0 Å². The number of benzene rings is 1. The van der Waals surface area contributed by atoms with E-state index in [1.54, 1.807) is 0 Å². The van der Waals surface area contributed by atoms with E-state index in [0.29, 0.717) is 0 Å². The standard InChI is InChI=1S/C11H11.C5H5.2ClH.Zr/c1-8-4-3-5-10-7-6-9(2)11(8)10;1-2-4-5-3-1;;;/h3-7H,1-2H3;1-3H,4H2;2*1H;/q2*-1;;;+4/p-2. The molecule has 1 aliphatic rings. The van der Waals surface area contributed by atoms with Gasteiger partial charge < -0.3 is 24.8 Å². The van der Waals surface area contributed by atoms with E-state index in [-0.39, 0.29) is 51.0 Å². The summed E-state index contributed by atoms with van der Waals surface area (Å²) in [6.07, 6.45) is 10.0. The van der Waals surface area contributed by atoms with Gasteiger partial charge >= 0.3 is 26.2 Å². The molecular weight excluding hydrogens is 354 g/mol. The Bertz CT molecular complexity index is 529. The predicted octanol–water partition coefficient (Wildman–Crippen LogP) is -1.51. The summed E-state index contributed by atoms with van der Waals surface area (Å²) in [4.78, 5) is 0. The van der Waals surface area contributed by atoms with E-state index >= 15 is 0 Å². The second kappa shape index (κ2) is 10.5. The van der Waals surface area contributed by atoms with Gasteiger partial charge in [-0.1, -0.05) is 19.9 Å². The van der Waals surface area contributed by atoms with Crippen LogP contribution in [0.5, 0.6) is 0 Å². The molecule has 0 N–H and O–H groups in total. The molecule has 0 saturated heterocycles. The van der Waals surface area contributed by atoms with Crippen LogP contribution in [0, 0.1) is 19.9 Å². The molecule has 0 fully saturated rings. The molecule has 0 aromatic heterocycles. The van der Waals surface area contributed by atoms with Crippen LogP contribution in [0.3, 0.4) is 0 Å². The largest absolute Gasteiger partial charge is 4.00 e. The molecule has 0 unspecified atom stereocenters. The zero-order valence-electron chi connectivity index (χ0n) is 11.1. The summed E-state index contributed by atoms with van der Waals surface area (Å²) in [5.74, 6) is 0. The molecule has 98 valence electrons. The van der Waals surface area contributed by atoms with Crippen LogP contribution >= 0.6 is 0 Å². The van der Waals surface area contributed by atoms with Crippen LogP contribution in [0.15, 0.2) is 48.6 Å². The predicted molar refractivity (Wildman–Crippen MR) is 70.6 cm³/mol. The van der Waals surface area contributed by atoms with Crippen molar-refractivity contribution in [3.8, 4) is 0 Å². The molecule has 0 heterocycles. The van der Waals surface area contributed by atoms with E-state index in [2.05, 4.69) is 56.3 Å². The quantitative estimate of drug-likeness (QED) is 0.495. The summed E-state index contributed by atoms with van der Waals surface area (Å²) in [7, 11) is 0. The van der Waals surface area contributed by atoms with E-state index < -0.39 is 0 Å². The minimum absolute atomic E-state index is 0. The normalized spacial score (nSPS) is 10.8. The van der Waals surface area contributed by atoms with Crippen molar-refractivity contribution in [2.45, 2.75) is 20.3 Å². The third-order valence-electron chi connectivity index (χ3n) is 2.80. The fourth-order valence-electron chi connectivity index (χ4n) is 2.01. The molecule has 0 saturated carbocycles. The molecule has 19 heavy (non-hydrogen) atoms. The summed E-state index contributed by atoms with van der Waals surface area (Å²) < 4.78 is 0. The van der Waals surface area contributed by atoms with E-state index in [0.717, 1.165) is 6.42 Å². The molecular formula is C16H16Cl2Zr. The first-order valence-corrected chi connectivity index (χ1v) is 5.62. The minimum Gasteiger partial charge on any atom is -1.00 e. The van der Waals surface area contributed by atoms with E-state index in [9.17, 15) is 0 Å². The van der Waals surface area contributed by atoms with E-state index in [1.165, 1.54) is 21.9 Å². The van der Waals surface area contributed by atoms with Gasteiger partial charge in [-0.25, -0.2) is 12.2 Å². The van der Waals surface area contributed by atoms with Crippen LogP contribution in [0.4, 0.5) is 0 Å². The van der Waals surface area contributed by atoms with Crippen LogP contribution in [0.1, 0.15) is 17.5 Å². The third kappa shape index (κ3) is 5.73. The van der Waals surface area contributed by atoms with Crippen molar-refractivity contribution in [2.75, 3.05) is 0 Å². The van der Waals surface area contributed by atoms with Gasteiger partial charge in [-0.3, -0.25) is 6.08 Å². The van der Waals surface area contributed by atoms with Crippen molar-refractivity contribution in [1.29, 1.82) is 0 Å². The molecule has 0 spiro atoms. The van der Waals surface area contributed by atoms with Gasteiger partial charge in [0, 0.05) is 0 Å². The third-order valence-corrected chi connectivity index (χ3v) is 2.80. The number of fused-ring (bicyclic) bond motifs is 1. The fourth-order valence-corrected chi connectivity index (χ4v) is 2.01. The first-order chi connectivity index (χ1) is 7.79. The molecule has 0 amide bonds. The fraction of sp³-hybridized carbons (Fsp3) is 0.188. The van der Waals surface area contributed by atoms with Crippen molar-refractivity contribution in [3.05, 3.63) is 65.8 Å². The Labute approximate surface area is 147 Å². The number of hydrogen-bond acceptors (Lipinski definition) is 0. The minimum atomic E-state index is 0. The Hall–Kier alpha value is -0.227. The maximum absolute atomic E-state index is 2.99. The summed E-state index contributed by atoms with van der Waals surface area (Å²) >= 11 is 0. The smallest absolute Gasteiger partial charge is 1.00 e. The van der Waals surface area contributed by atoms with Crippen molar-refractivity contribution in [3.63, 3.8) is 0 Å². The van der Waals surface area contributed by atoms with Crippen LogP contribution in [0.25, 0.3) is 10.8 Å². The number of allylic oxidation sites excluding steroid dienone is 4. The second-order valence-corrected chi connectivity index (χ2v) is 4.06. The number of halogens is 2. The zero-order chi connectivity index (χ0) is 11.4. The van der Waals surface area contributed by atoms with Crippen molar-refractivity contribution in [1.82, 2.24) is 0 Å². The first kappa shape index (κ1) is 21.1. The Morgan fingerprint density at radius 2 is 1.89 bits per heavy atom. The SMILES string of the molecule is Cc1cccc2cc[c-](C)c12.[C-]1=CC=CC1.[Cl-].[Cl-].[Zr+4]. The topological polar surface area (TPSA) is 0 Å². The first-order valence-electron chi connectivity index (χ1n) is 5.62. The average Bonchev–Trinajstić information content (AvgIpc) is 2.92. The molecule has 3 heteroatoms. The second-order valence-electron chi connectivity index (χ2n) is 4.06. The number of hydrogen-bond donors (Lipinski definition) is 0. The Morgan fingerprint density at radius 1 is 1.16 bits per heavy atom. The Balaban J connectivity index is 0. The maximum atomic E-state index is 2.99. The van der Waals surface area contributed by atoms with Gasteiger partial charge in [0.25, 0.3) is 0 Å². The van der Waals surface area contributed by atoms with Gasteiger partial charge in [-0.15, -0.1) is 40.5 Å². The summed E-state index contributed by atoms with van der Waals surface area (Å²) in [6.45, 7) is 4.32. The van der Waals surface area contributed by atoms with Crippen molar-refractivity contribution in [2.24, 2.45) is 0 Å². The Morgan fingerprint density at radius 3 is 2.37 bits per heavy atom. The Kier molecular flexibility index (Phi) is 11.7. The van der Waals surface area contributed by atoms with Crippen LogP contribution < -0.4 is 24.8 Å². The summed E-state index contributed by atoms with van der Waals surface area (Å²) in [5.41, 5.74) is 2.77. The van der Waals surface area contributed by atoms with Crippen LogP contribution in [0.2, 0.25) is 0 Å². The molecule has 0 bridgehead atoms. The van der Waals surface area contributed by atoms with Crippen molar-refractivity contribution < 1.29 is 51.0 Å². The molecule has 0 radical (unpaired) electrons. The summed E-state index contributed by atoms with van der Waals surface area (Å²) in [5, 5.41) is 2.79. The molecule has 0 aliphatic heterocycles. The average molecular weight is 370 g/mol. The zero-order valence-corrected chi connectivity index (χ0v) is 15.1. The number of aryl methyl sites for hydroxylation is 2. The summed E-state index contributed by atoms with van der Waals surface area (Å²) in [6, 6.07) is 10.8. The van der Waals surface area contributed by atoms with Gasteiger partial charge in [0.05, 0.1) is 0 Å². The van der Waals surface area contributed by atoms with Crippen LogP contribution in [-0.2, 0) is 26.2 Å². The van der Waals surface area contributed by atoms with Gasteiger partial charge in [0.2, 0.25) is 0 Å². The molecule has 1 aliphatic carbocycles. The molecule has 3 rings (SSSR count). The molecule has 0 nitrogen and oxygen atoms in total. The molecule has 0 atom stereocenters. The van der Waals surface area contributed by atoms with Gasteiger partial charge in [-0.05, 0) is 0 Å². The van der Waals surface area contributed by atoms with Gasteiger partial charge in [0.15, 0.2) is 0 Å². The van der Waals surface area contributed by atoms with Crippen LogP contribution in [-0.4, -0.2) is 0 Å². The van der Waals surface area contributed by atoms with E-state index in [1.807, 2.05) is 12.2 Å². The van der Waals surface area contributed by atoms with Crippen molar-refractivity contribution >= 4 is 10.8 Å². The van der Waals surface area contributed by atoms with Gasteiger partial charge in [-0.2, -0.15) is 18.2 Å². The van der Waals surface area contributed by atoms with E-state index in [4.69, 9.17) is 0 Å². The maximum Gasteiger partial charge on any atom is 4.00 e. The molecule has 2 aromatic carbocycles. The number of rotatable bonds is 0. The monoisotopic (exact) mass is 368 g/mol. The molecule has 2 aromatic rings.